The van der Waals surface area contributed by atoms with E-state index in [1.54, 1.807) is 12.4 Å². The number of pyridine rings is 1. The van der Waals surface area contributed by atoms with E-state index in [4.69, 9.17) is 0 Å². The summed E-state index contributed by atoms with van der Waals surface area (Å²) in [4.78, 5) is 6.74. The van der Waals surface area contributed by atoms with Crippen LogP contribution >= 0.6 is 15.9 Å². The second-order valence-corrected chi connectivity index (χ2v) is 3.37. The lowest BCUT2D eigenvalue weighted by Crippen LogP contribution is -1.58. The van der Waals surface area contributed by atoms with Crippen molar-refractivity contribution in [3.05, 3.63) is 53.0 Å². The molecule has 68 valence electrons. The summed E-state index contributed by atoms with van der Waals surface area (Å²) >= 11 is 3.33. The van der Waals surface area contributed by atoms with Gasteiger partial charge in [-0.2, -0.15) is 0 Å². The van der Waals surface area contributed by atoms with Gasteiger partial charge in [0.15, 0.2) is 0 Å². The molecule has 0 bridgehead atoms. The van der Waals surface area contributed by atoms with Gasteiger partial charge in [0.05, 0.1) is 0 Å². The predicted octanol–water partition coefficient (Wildman–Crippen LogP) is 3.17. The van der Waals surface area contributed by atoms with Crippen LogP contribution in [0.4, 0.5) is 0 Å². The van der Waals surface area contributed by atoms with Crippen LogP contribution in [0.25, 0.3) is 0 Å². The molecule has 1 N–H and O–H groups in total. The van der Waals surface area contributed by atoms with E-state index in [2.05, 4.69) is 25.9 Å². The van der Waals surface area contributed by atoms with Crippen LogP contribution in [-0.4, -0.2) is 9.97 Å². The molecule has 0 saturated heterocycles. The SMILES string of the molecule is Cc1c[nH]cc1Br.c1ccncc1. The van der Waals surface area contributed by atoms with Crippen LogP contribution in [0, 0.1) is 6.92 Å². The Morgan fingerprint density at radius 2 is 1.85 bits per heavy atom. The molecule has 2 aromatic rings. The van der Waals surface area contributed by atoms with Crippen molar-refractivity contribution in [2.75, 3.05) is 0 Å². The van der Waals surface area contributed by atoms with Crippen molar-refractivity contribution in [2.45, 2.75) is 6.92 Å². The maximum absolute atomic E-state index is 3.78. The Kier molecular flexibility index (Phi) is 4.26. The molecular weight excluding hydrogens is 228 g/mol. The molecule has 0 saturated carbocycles. The average molecular weight is 239 g/mol. The van der Waals surface area contributed by atoms with Gasteiger partial charge >= 0.3 is 0 Å². The highest BCUT2D eigenvalue weighted by atomic mass is 79.9. The highest BCUT2D eigenvalue weighted by molar-refractivity contribution is 9.10. The minimum atomic E-state index is 1.15. The molecule has 0 aliphatic carbocycles. The van der Waals surface area contributed by atoms with Gasteiger partial charge in [-0.3, -0.25) is 4.98 Å². The zero-order chi connectivity index (χ0) is 9.52. The first kappa shape index (κ1) is 9.99. The molecule has 0 atom stereocenters. The van der Waals surface area contributed by atoms with Crippen LogP contribution in [0.3, 0.4) is 0 Å². The highest BCUT2D eigenvalue weighted by Gasteiger charge is 1.88. The number of nitrogens with one attached hydrogen (secondary N) is 1. The van der Waals surface area contributed by atoms with E-state index in [0.29, 0.717) is 0 Å². The second-order valence-electron chi connectivity index (χ2n) is 2.51. The normalized spacial score (nSPS) is 8.77. The molecule has 0 aromatic carbocycles. The summed E-state index contributed by atoms with van der Waals surface area (Å²) in [6, 6.07) is 5.72. The van der Waals surface area contributed by atoms with Crippen LogP contribution < -0.4 is 0 Å². The van der Waals surface area contributed by atoms with Crippen molar-refractivity contribution >= 4 is 15.9 Å². The van der Waals surface area contributed by atoms with E-state index in [9.17, 15) is 0 Å². The van der Waals surface area contributed by atoms with Crippen LogP contribution in [0.5, 0.6) is 0 Å². The molecule has 0 spiro atoms. The number of hydrogen-bond donors (Lipinski definition) is 1. The molecule has 0 aliphatic rings. The molecule has 0 aliphatic heterocycles. The predicted molar refractivity (Wildman–Crippen MR) is 57.5 cm³/mol. The molecule has 2 rings (SSSR count). The molecule has 2 aromatic heterocycles. The van der Waals surface area contributed by atoms with Gasteiger partial charge in [0, 0.05) is 29.3 Å². The number of aromatic amines is 1. The van der Waals surface area contributed by atoms with E-state index in [1.165, 1.54) is 5.56 Å². The number of rotatable bonds is 0. The molecule has 2 heterocycles. The quantitative estimate of drug-likeness (QED) is 0.751. The Morgan fingerprint density at radius 1 is 1.15 bits per heavy atom. The smallest absolute Gasteiger partial charge is 0.0378 e. The van der Waals surface area contributed by atoms with Gasteiger partial charge in [-0.25, -0.2) is 0 Å². The molecule has 0 fully saturated rings. The van der Waals surface area contributed by atoms with Crippen LogP contribution in [0.1, 0.15) is 5.56 Å². The minimum absolute atomic E-state index is 1.15. The Hall–Kier alpha value is -1.09. The average Bonchev–Trinajstić information content (AvgIpc) is 2.55. The summed E-state index contributed by atoms with van der Waals surface area (Å²) in [7, 11) is 0. The zero-order valence-corrected chi connectivity index (χ0v) is 8.95. The molecule has 0 amide bonds. The van der Waals surface area contributed by atoms with Crippen molar-refractivity contribution in [3.63, 3.8) is 0 Å². The third-order valence-corrected chi connectivity index (χ3v) is 2.31. The summed E-state index contributed by atoms with van der Waals surface area (Å²) in [5, 5.41) is 0. The zero-order valence-electron chi connectivity index (χ0n) is 7.37. The summed E-state index contributed by atoms with van der Waals surface area (Å²) in [5.41, 5.74) is 1.25. The van der Waals surface area contributed by atoms with Crippen LogP contribution in [0.15, 0.2) is 47.5 Å². The fourth-order valence-corrected chi connectivity index (χ4v) is 0.982. The maximum atomic E-state index is 3.78. The lowest BCUT2D eigenvalue weighted by molar-refractivity contribution is 1.33. The number of aryl methyl sites for hydroxylation is 1. The summed E-state index contributed by atoms with van der Waals surface area (Å²) in [6.45, 7) is 2.04. The first-order chi connectivity index (χ1) is 6.30. The van der Waals surface area contributed by atoms with Crippen molar-refractivity contribution in [2.24, 2.45) is 0 Å². The minimum Gasteiger partial charge on any atom is -0.366 e. The molecule has 13 heavy (non-hydrogen) atoms. The first-order valence-electron chi connectivity index (χ1n) is 3.94. The molecular formula is C10H11BrN2. The van der Waals surface area contributed by atoms with Gasteiger partial charge in [-0.05, 0) is 40.5 Å². The van der Waals surface area contributed by atoms with Crippen molar-refractivity contribution < 1.29 is 0 Å². The van der Waals surface area contributed by atoms with Crippen LogP contribution in [-0.2, 0) is 0 Å². The van der Waals surface area contributed by atoms with E-state index >= 15 is 0 Å². The molecule has 2 nitrogen and oxygen atoms in total. The summed E-state index contributed by atoms with van der Waals surface area (Å²) < 4.78 is 1.15. The van der Waals surface area contributed by atoms with Gasteiger partial charge in [-0.15, -0.1) is 0 Å². The lowest BCUT2D eigenvalue weighted by Gasteiger charge is -1.76. The number of aromatic nitrogens is 2. The topological polar surface area (TPSA) is 28.7 Å². The molecule has 0 radical (unpaired) electrons. The van der Waals surface area contributed by atoms with Gasteiger partial charge in [0.25, 0.3) is 0 Å². The third kappa shape index (κ3) is 3.90. The summed E-state index contributed by atoms with van der Waals surface area (Å²) in [6.07, 6.45) is 7.36. The van der Waals surface area contributed by atoms with Crippen molar-refractivity contribution in [3.8, 4) is 0 Å². The monoisotopic (exact) mass is 238 g/mol. The fraction of sp³-hybridized carbons (Fsp3) is 0.100. The van der Waals surface area contributed by atoms with Crippen LogP contribution in [0.2, 0.25) is 0 Å². The Balaban J connectivity index is 0.000000132. The van der Waals surface area contributed by atoms with E-state index in [0.717, 1.165) is 4.47 Å². The van der Waals surface area contributed by atoms with Gasteiger partial charge in [0.1, 0.15) is 0 Å². The number of hydrogen-bond acceptors (Lipinski definition) is 1. The van der Waals surface area contributed by atoms with Gasteiger partial charge in [0.2, 0.25) is 0 Å². The first-order valence-corrected chi connectivity index (χ1v) is 4.74. The van der Waals surface area contributed by atoms with Gasteiger partial charge in [-0.1, -0.05) is 6.07 Å². The van der Waals surface area contributed by atoms with E-state index < -0.39 is 0 Å². The van der Waals surface area contributed by atoms with Gasteiger partial charge < -0.3 is 4.98 Å². The van der Waals surface area contributed by atoms with Crippen molar-refractivity contribution in [1.82, 2.24) is 9.97 Å². The number of H-pyrrole nitrogens is 1. The maximum Gasteiger partial charge on any atom is 0.0378 e. The molecule has 3 heteroatoms. The van der Waals surface area contributed by atoms with E-state index in [-0.39, 0.29) is 0 Å². The highest BCUT2D eigenvalue weighted by Crippen LogP contribution is 2.12. The fourth-order valence-electron chi connectivity index (χ4n) is 0.735. The Labute approximate surface area is 86.2 Å². The largest absolute Gasteiger partial charge is 0.366 e. The molecule has 0 unspecified atom stereocenters. The third-order valence-electron chi connectivity index (χ3n) is 1.45. The van der Waals surface area contributed by atoms with E-state index in [1.807, 2.05) is 37.5 Å². The lowest BCUT2D eigenvalue weighted by atomic mass is 10.4. The Bertz CT molecular complexity index is 286. The standard InChI is InChI=1S/C5H6BrN.C5H5N/c1-4-2-7-3-5(4)6;1-2-4-6-5-3-1/h2-3,7H,1H3;1-5H. The number of halogens is 1. The van der Waals surface area contributed by atoms with Crippen molar-refractivity contribution in [1.29, 1.82) is 0 Å². The summed E-state index contributed by atoms with van der Waals surface area (Å²) in [5.74, 6) is 0. The Morgan fingerprint density at radius 3 is 2.00 bits per heavy atom. The number of nitrogens with zero attached hydrogens (tertiary/aromatic N) is 1. The second kappa shape index (κ2) is 5.54.